The van der Waals surface area contributed by atoms with E-state index < -0.39 is 41.1 Å². The van der Waals surface area contributed by atoms with E-state index in [2.05, 4.69) is 10.2 Å². The first-order chi connectivity index (χ1) is 18.6. The second-order valence-corrected chi connectivity index (χ2v) is 11.2. The fraction of sp³-hybridized carbons (Fsp3) is 0.500. The summed E-state index contributed by atoms with van der Waals surface area (Å²) in [5.41, 5.74) is 0.608. The third-order valence-electron chi connectivity index (χ3n) is 9.03. The Morgan fingerprint density at radius 3 is 2.28 bits per heavy atom. The van der Waals surface area contributed by atoms with Crippen molar-refractivity contribution in [3.8, 4) is 0 Å². The van der Waals surface area contributed by atoms with Crippen LogP contribution in [0.1, 0.15) is 56.1 Å². The molecule has 4 heterocycles. The lowest BCUT2D eigenvalue weighted by Gasteiger charge is -2.50. The van der Waals surface area contributed by atoms with Gasteiger partial charge >= 0.3 is 12.1 Å². The number of carbonyl (C=O) groups excluding carboxylic acids is 6. The van der Waals surface area contributed by atoms with Gasteiger partial charge in [0.25, 0.3) is 11.8 Å². The van der Waals surface area contributed by atoms with E-state index in [1.165, 1.54) is 25.1 Å². The monoisotopic (exact) mass is 533 g/mol. The van der Waals surface area contributed by atoms with E-state index in [1.54, 1.807) is 12.1 Å². The molecule has 0 aromatic heterocycles. The molecule has 4 aliphatic heterocycles. The first kappa shape index (κ1) is 25.3. The van der Waals surface area contributed by atoms with Crippen LogP contribution in [-0.2, 0) is 25.6 Å². The highest BCUT2D eigenvalue weighted by Gasteiger charge is 2.63. The van der Waals surface area contributed by atoms with Gasteiger partial charge in [-0.05, 0) is 61.4 Å². The number of nitrogens with one attached hydrogen (secondary N) is 1. The molecule has 0 radical (unpaired) electrons. The third kappa shape index (κ3) is 3.62. The molecule has 1 saturated carbocycles. The van der Waals surface area contributed by atoms with Gasteiger partial charge < -0.3 is 4.90 Å². The molecule has 11 heteroatoms. The first-order valence-corrected chi connectivity index (χ1v) is 13.6. The molecule has 5 aliphatic rings. The number of fused-ring (bicyclic) bond motifs is 4. The van der Waals surface area contributed by atoms with Crippen LogP contribution in [0.15, 0.2) is 23.8 Å². The van der Waals surface area contributed by atoms with Crippen molar-refractivity contribution in [3.05, 3.63) is 34.9 Å². The minimum Gasteiger partial charge on any atom is -0.367 e. The summed E-state index contributed by atoms with van der Waals surface area (Å²) in [4.78, 5) is 83.7. The van der Waals surface area contributed by atoms with Crippen LogP contribution in [0, 0.1) is 5.41 Å². The van der Waals surface area contributed by atoms with E-state index in [4.69, 9.17) is 0 Å². The van der Waals surface area contributed by atoms with Gasteiger partial charge in [0.2, 0.25) is 11.8 Å². The first-order valence-electron chi connectivity index (χ1n) is 13.6. The Kier molecular flexibility index (Phi) is 5.85. The largest absolute Gasteiger partial charge is 0.367 e. The molecule has 0 unspecified atom stereocenters. The van der Waals surface area contributed by atoms with Gasteiger partial charge in [-0.1, -0.05) is 25.3 Å². The highest BCUT2D eigenvalue weighted by atomic mass is 16.2. The maximum absolute atomic E-state index is 13.6. The van der Waals surface area contributed by atoms with Gasteiger partial charge in [0.1, 0.15) is 5.57 Å². The van der Waals surface area contributed by atoms with E-state index in [1.807, 2.05) is 6.07 Å². The van der Waals surface area contributed by atoms with E-state index in [-0.39, 0.29) is 24.1 Å². The Labute approximate surface area is 225 Å². The van der Waals surface area contributed by atoms with Crippen LogP contribution < -0.4 is 10.2 Å². The molecule has 204 valence electrons. The highest BCUT2D eigenvalue weighted by Crippen LogP contribution is 2.49. The molecule has 8 amide bonds. The molecule has 1 aromatic rings. The van der Waals surface area contributed by atoms with Crippen molar-refractivity contribution in [2.75, 3.05) is 25.5 Å². The molecule has 39 heavy (non-hydrogen) atoms. The van der Waals surface area contributed by atoms with Crippen molar-refractivity contribution >= 4 is 47.5 Å². The van der Waals surface area contributed by atoms with Crippen LogP contribution in [0.4, 0.5) is 15.3 Å². The van der Waals surface area contributed by atoms with E-state index in [9.17, 15) is 28.8 Å². The topological polar surface area (TPSA) is 127 Å². The molecule has 11 nitrogen and oxygen atoms in total. The number of hydrogen-bond acceptors (Lipinski definition) is 7. The summed E-state index contributed by atoms with van der Waals surface area (Å²) in [7, 11) is 2.80. The van der Waals surface area contributed by atoms with Crippen LogP contribution in [0.5, 0.6) is 0 Å². The quantitative estimate of drug-likeness (QED) is 0.350. The number of carbonyl (C=O) groups is 6. The normalized spacial score (nSPS) is 26.5. The van der Waals surface area contributed by atoms with Crippen molar-refractivity contribution in [2.24, 2.45) is 5.41 Å². The van der Waals surface area contributed by atoms with Crippen molar-refractivity contribution in [1.82, 2.24) is 20.0 Å². The summed E-state index contributed by atoms with van der Waals surface area (Å²) < 4.78 is 0. The van der Waals surface area contributed by atoms with Crippen LogP contribution in [-0.4, -0.2) is 83.1 Å². The van der Waals surface area contributed by atoms with Gasteiger partial charge in [0, 0.05) is 32.4 Å². The number of barbiturate groups is 2. The smallest absolute Gasteiger partial charge is 0.332 e. The SMILES string of the molecule is CN1C(=O)N(C)C(=O)C2(Cc3cc(/C=C4\C(=O)NC(=O)N(C5CCCCC5)C4=O)ccc3N3CCC[C@H]32)C1=O. The van der Waals surface area contributed by atoms with E-state index in [0.29, 0.717) is 31.4 Å². The molecule has 6 rings (SSSR count). The second kappa shape index (κ2) is 9.03. The molecular weight excluding hydrogens is 502 g/mol. The van der Waals surface area contributed by atoms with Crippen molar-refractivity contribution in [1.29, 1.82) is 0 Å². The van der Waals surface area contributed by atoms with Crippen LogP contribution in [0.3, 0.4) is 0 Å². The number of anilines is 1. The van der Waals surface area contributed by atoms with Gasteiger partial charge in [-0.15, -0.1) is 0 Å². The van der Waals surface area contributed by atoms with E-state index in [0.717, 1.165) is 46.7 Å². The number of amides is 8. The van der Waals surface area contributed by atoms with Gasteiger partial charge in [-0.3, -0.25) is 39.2 Å². The Morgan fingerprint density at radius 2 is 1.59 bits per heavy atom. The van der Waals surface area contributed by atoms with Gasteiger partial charge in [0.05, 0.1) is 6.04 Å². The minimum absolute atomic E-state index is 0.104. The summed E-state index contributed by atoms with van der Waals surface area (Å²) in [5.74, 6) is -2.37. The molecule has 1 spiro atoms. The van der Waals surface area contributed by atoms with Crippen LogP contribution in [0.25, 0.3) is 6.08 Å². The number of rotatable bonds is 2. The van der Waals surface area contributed by atoms with Gasteiger partial charge in [-0.25, -0.2) is 9.59 Å². The second-order valence-electron chi connectivity index (χ2n) is 11.2. The Bertz CT molecular complexity index is 1340. The number of imide groups is 4. The Morgan fingerprint density at radius 1 is 0.897 bits per heavy atom. The van der Waals surface area contributed by atoms with Gasteiger partial charge in [-0.2, -0.15) is 0 Å². The summed E-state index contributed by atoms with van der Waals surface area (Å²) in [6, 6.07) is 3.54. The fourth-order valence-electron chi connectivity index (χ4n) is 7.14. The molecule has 1 atom stereocenters. The maximum atomic E-state index is 13.6. The summed E-state index contributed by atoms with van der Waals surface area (Å²) in [6.45, 7) is 0.668. The molecule has 1 aliphatic carbocycles. The fourth-order valence-corrected chi connectivity index (χ4v) is 7.14. The zero-order valence-electron chi connectivity index (χ0n) is 22.1. The van der Waals surface area contributed by atoms with Gasteiger partial charge in [0.15, 0.2) is 5.41 Å². The maximum Gasteiger partial charge on any atom is 0.332 e. The lowest BCUT2D eigenvalue weighted by molar-refractivity contribution is -0.159. The van der Waals surface area contributed by atoms with Crippen molar-refractivity contribution in [2.45, 2.75) is 63.5 Å². The predicted octanol–water partition coefficient (Wildman–Crippen LogP) is 2.04. The van der Waals surface area contributed by atoms with Crippen molar-refractivity contribution < 1.29 is 28.8 Å². The number of nitrogens with zero attached hydrogens (tertiary/aromatic N) is 4. The highest BCUT2D eigenvalue weighted by molar-refractivity contribution is 6.31. The summed E-state index contributed by atoms with van der Waals surface area (Å²) >= 11 is 0. The summed E-state index contributed by atoms with van der Waals surface area (Å²) in [5, 5.41) is 2.31. The number of hydrogen-bond donors (Lipinski definition) is 1. The van der Waals surface area contributed by atoms with Crippen LogP contribution in [0.2, 0.25) is 0 Å². The molecular formula is C28H31N5O6. The minimum atomic E-state index is -1.44. The van der Waals surface area contributed by atoms with Crippen molar-refractivity contribution in [3.63, 3.8) is 0 Å². The average molecular weight is 534 g/mol. The Balaban J connectivity index is 1.38. The predicted molar refractivity (Wildman–Crippen MR) is 139 cm³/mol. The molecule has 4 fully saturated rings. The average Bonchev–Trinajstić information content (AvgIpc) is 3.43. The summed E-state index contributed by atoms with van der Waals surface area (Å²) in [6.07, 6.45) is 7.36. The number of benzene rings is 1. The van der Waals surface area contributed by atoms with Crippen LogP contribution >= 0.6 is 0 Å². The zero-order chi connectivity index (χ0) is 27.6. The zero-order valence-corrected chi connectivity index (χ0v) is 22.1. The molecule has 1 N–H and O–H groups in total. The lowest BCUT2D eigenvalue weighted by atomic mass is 9.68. The third-order valence-corrected chi connectivity index (χ3v) is 9.03. The molecule has 3 saturated heterocycles. The Hall–Kier alpha value is -4.02. The number of urea groups is 2. The molecule has 0 bridgehead atoms. The standard InChI is InChI=1S/C28H31N5O6/c1-30-24(36)28(25(37)31(2)27(30)39)15-17-13-16(10-11-20(17)32-12-6-9-21(28)32)14-19-22(34)29-26(38)33(23(19)35)18-7-4-3-5-8-18/h10-11,13-14,18,21H,3-9,12,15H2,1-2H3,(H,29,34,38)/b19-14+/t21-/m0/s1. The molecule has 1 aromatic carbocycles. The van der Waals surface area contributed by atoms with E-state index >= 15 is 0 Å². The lowest BCUT2D eigenvalue weighted by Crippen LogP contribution is -2.70.